The third-order valence-corrected chi connectivity index (χ3v) is 6.56. The van der Waals surface area contributed by atoms with E-state index in [1.54, 1.807) is 24.3 Å². The van der Waals surface area contributed by atoms with Crippen LogP contribution in [-0.4, -0.2) is 19.8 Å². The molecular formula is C15H16O3Se. The quantitative estimate of drug-likeness (QED) is 0.795. The number of hydrogen-bond acceptors (Lipinski definition) is 3. The molecular weight excluding hydrogens is 307 g/mol. The van der Waals surface area contributed by atoms with E-state index in [4.69, 9.17) is 4.74 Å². The van der Waals surface area contributed by atoms with E-state index in [0.717, 1.165) is 5.56 Å². The zero-order valence-corrected chi connectivity index (χ0v) is 12.4. The van der Waals surface area contributed by atoms with Crippen LogP contribution in [0, 0.1) is 0 Å². The summed E-state index contributed by atoms with van der Waals surface area (Å²) in [4.78, 5) is 0. The molecule has 3 nitrogen and oxygen atoms in total. The van der Waals surface area contributed by atoms with Crippen LogP contribution in [-0.2, 0) is 12.4 Å². The Kier molecular flexibility index (Phi) is 4.48. The van der Waals surface area contributed by atoms with E-state index in [2.05, 4.69) is 0 Å². The third-order valence-electron chi connectivity index (χ3n) is 2.93. The number of benzene rings is 2. The van der Waals surface area contributed by atoms with Gasteiger partial charge in [0.25, 0.3) is 0 Å². The molecule has 4 heteroatoms. The van der Waals surface area contributed by atoms with E-state index in [9.17, 15) is 7.67 Å². The first kappa shape index (κ1) is 13.9. The molecule has 0 aliphatic rings. The molecule has 0 fully saturated rings. The van der Waals surface area contributed by atoms with Gasteiger partial charge in [-0.3, -0.25) is 0 Å². The van der Waals surface area contributed by atoms with E-state index in [1.165, 1.54) is 7.11 Å². The molecule has 2 aromatic carbocycles. The fraction of sp³-hybridized carbons (Fsp3) is 0.200. The second kappa shape index (κ2) is 6.11. The fourth-order valence-electron chi connectivity index (χ4n) is 1.89. The van der Waals surface area contributed by atoms with E-state index < -0.39 is 18.8 Å². The van der Waals surface area contributed by atoms with Crippen LogP contribution in [0.1, 0.15) is 11.7 Å². The number of methoxy groups -OCH3 is 1. The maximum atomic E-state index is 12.4. The molecule has 0 amide bonds. The average Bonchev–Trinajstić information content (AvgIpc) is 2.47. The molecule has 0 N–H and O–H groups in total. The molecule has 0 aliphatic carbocycles. The van der Waals surface area contributed by atoms with Gasteiger partial charge in [0.05, 0.1) is 0 Å². The summed E-state index contributed by atoms with van der Waals surface area (Å²) in [5.74, 6) is 0. The Morgan fingerprint density at radius 3 is 2.00 bits per heavy atom. The number of hydrogen-bond donors (Lipinski definition) is 0. The van der Waals surface area contributed by atoms with Crippen LogP contribution >= 0.6 is 0 Å². The van der Waals surface area contributed by atoms with Crippen molar-refractivity contribution in [3.05, 3.63) is 66.2 Å². The molecule has 0 bridgehead atoms. The van der Waals surface area contributed by atoms with Crippen LogP contribution in [0.25, 0.3) is 0 Å². The first-order valence-electron chi connectivity index (χ1n) is 5.99. The predicted octanol–water partition coefficient (Wildman–Crippen LogP) is 2.58. The molecule has 0 spiro atoms. The topological polar surface area (TPSA) is 43.4 Å². The monoisotopic (exact) mass is 324 g/mol. The summed E-state index contributed by atoms with van der Waals surface area (Å²) >= 11 is -4.17. The fourth-order valence-corrected chi connectivity index (χ4v) is 5.02. The average molecular weight is 323 g/mol. The van der Waals surface area contributed by atoms with Gasteiger partial charge in [0.15, 0.2) is 0 Å². The summed E-state index contributed by atoms with van der Waals surface area (Å²) in [6.07, 6.45) is -0.420. The molecule has 19 heavy (non-hydrogen) atoms. The van der Waals surface area contributed by atoms with Crippen molar-refractivity contribution in [3.8, 4) is 0 Å². The molecule has 0 saturated carbocycles. The Bertz CT molecular complexity index is 606. The van der Waals surface area contributed by atoms with E-state index in [-0.39, 0.29) is 5.32 Å². The second-order valence-corrected chi connectivity index (χ2v) is 8.50. The molecule has 2 aromatic rings. The summed E-state index contributed by atoms with van der Waals surface area (Å²) in [5, 5.41) is 0.0149. The van der Waals surface area contributed by atoms with Crippen molar-refractivity contribution < 1.29 is 12.4 Å². The SMILES string of the molecule is COC(C[Se](=O)(=O)c1ccccc1)c1ccccc1. The molecule has 100 valence electrons. The molecule has 1 unspecified atom stereocenters. The van der Waals surface area contributed by atoms with Gasteiger partial charge in [-0.25, -0.2) is 0 Å². The summed E-state index contributed by atoms with van der Waals surface area (Å²) in [5.41, 5.74) is 0.884. The molecule has 0 aromatic heterocycles. The third kappa shape index (κ3) is 3.51. The van der Waals surface area contributed by atoms with Gasteiger partial charge < -0.3 is 0 Å². The Hall–Kier alpha value is -1.48. The first-order valence-corrected chi connectivity index (χ1v) is 9.45. The van der Waals surface area contributed by atoms with Gasteiger partial charge in [-0.1, -0.05) is 0 Å². The van der Waals surface area contributed by atoms with Gasteiger partial charge in [-0.2, -0.15) is 0 Å². The molecule has 0 heterocycles. The van der Waals surface area contributed by atoms with Crippen LogP contribution in [0.2, 0.25) is 5.32 Å². The van der Waals surface area contributed by atoms with Gasteiger partial charge in [0.2, 0.25) is 0 Å². The minimum atomic E-state index is -4.17. The summed E-state index contributed by atoms with van der Waals surface area (Å²) in [7, 11) is 1.54. The van der Waals surface area contributed by atoms with Gasteiger partial charge in [0.1, 0.15) is 0 Å². The van der Waals surface area contributed by atoms with Crippen LogP contribution in [0.5, 0.6) is 0 Å². The predicted molar refractivity (Wildman–Crippen MR) is 74.2 cm³/mol. The zero-order chi connectivity index (χ0) is 13.7. The van der Waals surface area contributed by atoms with Crippen molar-refractivity contribution in [2.45, 2.75) is 11.4 Å². The summed E-state index contributed by atoms with van der Waals surface area (Å²) < 4.78 is 30.5. The molecule has 0 radical (unpaired) electrons. The summed E-state index contributed by atoms with van der Waals surface area (Å²) in [6, 6.07) is 18.0. The van der Waals surface area contributed by atoms with Crippen molar-refractivity contribution in [2.24, 2.45) is 0 Å². The molecule has 2 rings (SSSR count). The van der Waals surface area contributed by atoms with E-state index in [0.29, 0.717) is 4.46 Å². The zero-order valence-electron chi connectivity index (χ0n) is 10.7. The van der Waals surface area contributed by atoms with Crippen LogP contribution in [0.15, 0.2) is 60.7 Å². The van der Waals surface area contributed by atoms with E-state index >= 15 is 0 Å². The van der Waals surface area contributed by atoms with Gasteiger partial charge >= 0.3 is 114 Å². The normalized spacial score (nSPS) is 13.1. The second-order valence-electron chi connectivity index (χ2n) is 4.23. The van der Waals surface area contributed by atoms with Crippen molar-refractivity contribution in [1.29, 1.82) is 0 Å². The van der Waals surface area contributed by atoms with Crippen molar-refractivity contribution in [2.75, 3.05) is 7.11 Å². The van der Waals surface area contributed by atoms with Crippen LogP contribution in [0.3, 0.4) is 0 Å². The van der Waals surface area contributed by atoms with E-state index in [1.807, 2.05) is 36.4 Å². The number of rotatable bonds is 5. The van der Waals surface area contributed by atoms with Crippen molar-refractivity contribution in [3.63, 3.8) is 0 Å². The molecule has 0 saturated heterocycles. The van der Waals surface area contributed by atoms with Gasteiger partial charge in [0, 0.05) is 0 Å². The maximum absolute atomic E-state index is 12.4. The van der Waals surface area contributed by atoms with Crippen LogP contribution in [0.4, 0.5) is 0 Å². The summed E-state index contributed by atoms with van der Waals surface area (Å²) in [6.45, 7) is 0. The standard InChI is InChI=1S/C15H16O3Se/c1-18-15(13-8-4-2-5-9-13)12-19(16,17)14-10-6-3-7-11-14/h2-11,15H,12H2,1H3. The molecule has 0 aliphatic heterocycles. The Labute approximate surface area is 114 Å². The minimum absolute atomic E-state index is 0.0149. The van der Waals surface area contributed by atoms with Crippen LogP contribution < -0.4 is 4.46 Å². The van der Waals surface area contributed by atoms with Gasteiger partial charge in [-0.15, -0.1) is 0 Å². The Morgan fingerprint density at radius 1 is 0.947 bits per heavy atom. The first-order chi connectivity index (χ1) is 9.13. The van der Waals surface area contributed by atoms with Gasteiger partial charge in [-0.05, 0) is 0 Å². The molecule has 1 atom stereocenters. The van der Waals surface area contributed by atoms with Crippen molar-refractivity contribution in [1.82, 2.24) is 0 Å². The number of ether oxygens (including phenoxy) is 1. The Morgan fingerprint density at radius 2 is 1.47 bits per heavy atom. The Balaban J connectivity index is 2.24. The van der Waals surface area contributed by atoms with Crippen molar-refractivity contribution >= 4 is 17.2 Å².